The quantitative estimate of drug-likeness (QED) is 0.226. The lowest BCUT2D eigenvalue weighted by Gasteiger charge is -2.18. The molecular formula is C30H47N3. The van der Waals surface area contributed by atoms with Crippen LogP contribution in [0.4, 0.5) is 0 Å². The second-order valence-electron chi connectivity index (χ2n) is 9.13. The van der Waals surface area contributed by atoms with Crippen molar-refractivity contribution >= 4 is 5.70 Å². The number of nitrogens with zero attached hydrogens (tertiary/aromatic N) is 3. The molecule has 0 fully saturated rings. The number of aromatic nitrogens is 3. The fraction of sp³-hybridized carbons (Fsp3) is 0.533. The van der Waals surface area contributed by atoms with Gasteiger partial charge < -0.3 is 0 Å². The molecular weight excluding hydrogens is 402 g/mol. The number of unbranched alkanes of at least 4 members (excludes halogenated alkanes) is 1. The Bertz CT molecular complexity index is 858. The van der Waals surface area contributed by atoms with E-state index in [1.165, 1.54) is 72.9 Å². The lowest BCUT2D eigenvalue weighted by Crippen LogP contribution is -2.05. The predicted molar refractivity (Wildman–Crippen MR) is 145 cm³/mol. The molecule has 182 valence electrons. The first kappa shape index (κ1) is 28.6. The fourth-order valence-corrected chi connectivity index (χ4v) is 3.92. The number of hydrogen-bond acceptors (Lipinski definition) is 2. The highest BCUT2D eigenvalue weighted by atomic mass is 15.3. The van der Waals surface area contributed by atoms with Gasteiger partial charge in [0.1, 0.15) is 0 Å². The van der Waals surface area contributed by atoms with Crippen molar-refractivity contribution < 1.29 is 0 Å². The van der Waals surface area contributed by atoms with Gasteiger partial charge in [-0.25, -0.2) is 4.68 Å². The Labute approximate surface area is 203 Å². The Balaban J connectivity index is 0.000000568. The molecule has 0 radical (unpaired) electrons. The summed E-state index contributed by atoms with van der Waals surface area (Å²) in [5.74, 6) is 0.566. The molecule has 0 aliphatic rings. The summed E-state index contributed by atoms with van der Waals surface area (Å²) in [6.45, 7) is 21.6. The summed E-state index contributed by atoms with van der Waals surface area (Å²) in [5.41, 5.74) is 7.55. The van der Waals surface area contributed by atoms with Crippen LogP contribution in [-0.2, 0) is 6.42 Å². The van der Waals surface area contributed by atoms with Gasteiger partial charge in [0, 0.05) is 23.8 Å². The number of allylic oxidation sites excluding steroid dienone is 4. The van der Waals surface area contributed by atoms with E-state index in [9.17, 15) is 0 Å². The van der Waals surface area contributed by atoms with Gasteiger partial charge in [0.25, 0.3) is 0 Å². The maximum atomic E-state index is 4.48. The highest BCUT2D eigenvalue weighted by Gasteiger charge is 2.12. The monoisotopic (exact) mass is 449 g/mol. The van der Waals surface area contributed by atoms with Crippen LogP contribution in [0.5, 0.6) is 0 Å². The van der Waals surface area contributed by atoms with Gasteiger partial charge in [-0.05, 0) is 94.9 Å². The highest BCUT2D eigenvalue weighted by molar-refractivity contribution is 5.49. The zero-order chi connectivity index (χ0) is 24.6. The van der Waals surface area contributed by atoms with E-state index in [-0.39, 0.29) is 0 Å². The lowest BCUT2D eigenvalue weighted by molar-refractivity contribution is 0.498. The van der Waals surface area contributed by atoms with Gasteiger partial charge in [0.2, 0.25) is 0 Å². The van der Waals surface area contributed by atoms with Crippen molar-refractivity contribution in [2.75, 3.05) is 0 Å². The number of hydrogen-bond donors (Lipinski definition) is 0. The summed E-state index contributed by atoms with van der Waals surface area (Å²) in [6.07, 6.45) is 18.6. The van der Waals surface area contributed by atoms with E-state index in [0.29, 0.717) is 5.92 Å². The van der Waals surface area contributed by atoms with Gasteiger partial charge in [-0.1, -0.05) is 64.0 Å². The van der Waals surface area contributed by atoms with Crippen LogP contribution in [0.1, 0.15) is 95.9 Å². The minimum Gasteiger partial charge on any atom is -0.264 e. The van der Waals surface area contributed by atoms with E-state index in [1.54, 1.807) is 6.20 Å². The van der Waals surface area contributed by atoms with E-state index in [2.05, 4.69) is 76.9 Å². The first-order chi connectivity index (χ1) is 15.8. The molecule has 2 heterocycles. The average molecular weight is 450 g/mol. The maximum Gasteiger partial charge on any atom is 0.0526 e. The van der Waals surface area contributed by atoms with Crippen molar-refractivity contribution in [3.8, 4) is 0 Å². The van der Waals surface area contributed by atoms with E-state index in [4.69, 9.17) is 0 Å². The lowest BCUT2D eigenvalue weighted by atomic mass is 9.88. The third-order valence-corrected chi connectivity index (χ3v) is 6.24. The van der Waals surface area contributed by atoms with Crippen molar-refractivity contribution in [3.05, 3.63) is 77.9 Å². The van der Waals surface area contributed by atoms with Crippen LogP contribution in [0.2, 0.25) is 0 Å². The molecule has 1 unspecified atom stereocenters. The first-order valence-corrected chi connectivity index (χ1v) is 12.8. The zero-order valence-corrected chi connectivity index (χ0v) is 22.2. The normalized spacial score (nSPS) is 12.1. The summed E-state index contributed by atoms with van der Waals surface area (Å²) in [5, 5.41) is 4.48. The molecule has 3 nitrogen and oxygen atoms in total. The van der Waals surface area contributed by atoms with Gasteiger partial charge >= 0.3 is 0 Å². The second kappa shape index (κ2) is 16.2. The SMILES string of the molecule is C=C(CCCC)CCCC(CCC)C(=C)/C=C(/C)n1ncc(C)c1C.CCc1cccnc1. The molecule has 0 spiro atoms. The van der Waals surface area contributed by atoms with E-state index >= 15 is 0 Å². The highest BCUT2D eigenvalue weighted by Crippen LogP contribution is 2.26. The standard InChI is InChI=1S/C23H38N2.C7H9N/c1-8-10-13-18(3)14-11-15-23(12-9-2)19(4)16-21(6)25-22(7)20(5)17-24-25;1-2-7-4-3-5-8-6-7/h16-17,23H,3-4,8-15H2,1-2,5-7H3;3-6H,2H2,1H3/b21-16-;. The molecule has 33 heavy (non-hydrogen) atoms. The maximum absolute atomic E-state index is 4.48. The summed E-state index contributed by atoms with van der Waals surface area (Å²) in [7, 11) is 0. The van der Waals surface area contributed by atoms with Crippen LogP contribution in [0.25, 0.3) is 5.70 Å². The Morgan fingerprint density at radius 2 is 1.76 bits per heavy atom. The third-order valence-electron chi connectivity index (χ3n) is 6.24. The van der Waals surface area contributed by atoms with E-state index in [0.717, 1.165) is 18.5 Å². The molecule has 0 N–H and O–H groups in total. The fourth-order valence-electron chi connectivity index (χ4n) is 3.92. The minimum absolute atomic E-state index is 0.566. The first-order valence-electron chi connectivity index (χ1n) is 12.8. The van der Waals surface area contributed by atoms with Gasteiger partial charge in [-0.2, -0.15) is 5.10 Å². The van der Waals surface area contributed by atoms with Crippen molar-refractivity contribution in [2.45, 2.75) is 99.3 Å². The molecule has 2 rings (SSSR count). The predicted octanol–water partition coefficient (Wildman–Crippen LogP) is 8.89. The summed E-state index contributed by atoms with van der Waals surface area (Å²) >= 11 is 0. The van der Waals surface area contributed by atoms with Crippen LogP contribution in [0.3, 0.4) is 0 Å². The molecule has 0 saturated carbocycles. The molecule has 3 heteroatoms. The van der Waals surface area contributed by atoms with Gasteiger partial charge in [-0.15, -0.1) is 0 Å². The van der Waals surface area contributed by atoms with Gasteiger partial charge in [-0.3, -0.25) is 4.98 Å². The number of rotatable bonds is 13. The van der Waals surface area contributed by atoms with Crippen molar-refractivity contribution in [2.24, 2.45) is 5.92 Å². The molecule has 0 aliphatic carbocycles. The van der Waals surface area contributed by atoms with Gasteiger partial charge in [0.05, 0.1) is 6.20 Å². The van der Waals surface area contributed by atoms with E-state index in [1.807, 2.05) is 23.1 Å². The molecule has 0 saturated heterocycles. The molecule has 1 atom stereocenters. The molecule has 0 aliphatic heterocycles. The van der Waals surface area contributed by atoms with Crippen LogP contribution >= 0.6 is 0 Å². The molecule has 0 bridgehead atoms. The minimum atomic E-state index is 0.566. The van der Waals surface area contributed by atoms with Crippen molar-refractivity contribution in [1.82, 2.24) is 14.8 Å². The molecule has 2 aromatic heterocycles. The van der Waals surface area contributed by atoms with E-state index < -0.39 is 0 Å². The average Bonchev–Trinajstić information content (AvgIpc) is 3.16. The Hall–Kier alpha value is -2.42. The van der Waals surface area contributed by atoms with Crippen molar-refractivity contribution in [1.29, 1.82) is 0 Å². The Kier molecular flexibility index (Phi) is 14.1. The topological polar surface area (TPSA) is 30.7 Å². The Morgan fingerprint density at radius 3 is 2.27 bits per heavy atom. The van der Waals surface area contributed by atoms with Crippen LogP contribution in [0.15, 0.2) is 61.1 Å². The second-order valence-corrected chi connectivity index (χ2v) is 9.13. The Morgan fingerprint density at radius 1 is 1.03 bits per heavy atom. The zero-order valence-electron chi connectivity index (χ0n) is 22.2. The number of aryl methyl sites for hydroxylation is 2. The summed E-state index contributed by atoms with van der Waals surface area (Å²) < 4.78 is 2.02. The van der Waals surface area contributed by atoms with Crippen molar-refractivity contribution in [3.63, 3.8) is 0 Å². The smallest absolute Gasteiger partial charge is 0.0526 e. The largest absolute Gasteiger partial charge is 0.264 e. The molecule has 2 aromatic rings. The van der Waals surface area contributed by atoms with Crippen LogP contribution in [0, 0.1) is 19.8 Å². The van der Waals surface area contributed by atoms with Gasteiger partial charge in [0.15, 0.2) is 0 Å². The molecule has 0 aromatic carbocycles. The van der Waals surface area contributed by atoms with Crippen LogP contribution in [-0.4, -0.2) is 14.8 Å². The number of pyridine rings is 1. The summed E-state index contributed by atoms with van der Waals surface area (Å²) in [6, 6.07) is 4.03. The third kappa shape index (κ3) is 10.8. The summed E-state index contributed by atoms with van der Waals surface area (Å²) in [4.78, 5) is 3.96. The molecule has 0 amide bonds. The van der Waals surface area contributed by atoms with Crippen LogP contribution < -0.4 is 0 Å².